The average Bonchev–Trinajstić information content (AvgIpc) is 2.50. The number of benzene rings is 2. The van der Waals surface area contributed by atoms with Gasteiger partial charge in [0.1, 0.15) is 5.75 Å². The maximum atomic E-state index is 11.0. The standard InChI is InChI=1S/C14H11ClN4O3/c1-9(17-18-16)10-2-5-12(6-3-10)22-14-7-4-11(15)8-13(14)19(20)21/h2-9H,1H3. The Hall–Kier alpha value is -2.76. The molecule has 0 heterocycles. The fourth-order valence-electron chi connectivity index (χ4n) is 1.80. The van der Waals surface area contributed by atoms with Gasteiger partial charge in [0, 0.05) is 16.0 Å². The highest BCUT2D eigenvalue weighted by atomic mass is 35.5. The minimum Gasteiger partial charge on any atom is -0.450 e. The third-order valence-electron chi connectivity index (χ3n) is 2.93. The van der Waals surface area contributed by atoms with E-state index in [1.165, 1.54) is 18.2 Å². The van der Waals surface area contributed by atoms with E-state index in [9.17, 15) is 10.1 Å². The van der Waals surface area contributed by atoms with E-state index in [2.05, 4.69) is 10.0 Å². The molecular weight excluding hydrogens is 308 g/mol. The van der Waals surface area contributed by atoms with Crippen molar-refractivity contribution >= 4 is 17.3 Å². The zero-order chi connectivity index (χ0) is 16.1. The van der Waals surface area contributed by atoms with Gasteiger partial charge in [-0.25, -0.2) is 0 Å². The van der Waals surface area contributed by atoms with Crippen molar-refractivity contribution in [3.05, 3.63) is 73.6 Å². The normalized spacial score (nSPS) is 11.4. The summed E-state index contributed by atoms with van der Waals surface area (Å²) in [5.41, 5.74) is 9.02. The fraction of sp³-hybridized carbons (Fsp3) is 0.143. The van der Waals surface area contributed by atoms with Crippen molar-refractivity contribution in [3.8, 4) is 11.5 Å². The van der Waals surface area contributed by atoms with Crippen molar-refractivity contribution in [2.75, 3.05) is 0 Å². The van der Waals surface area contributed by atoms with Gasteiger partial charge in [0.15, 0.2) is 0 Å². The first-order chi connectivity index (χ1) is 10.5. The Kier molecular flexibility index (Phi) is 4.83. The third kappa shape index (κ3) is 3.66. The highest BCUT2D eigenvalue weighted by Crippen LogP contribution is 2.34. The number of hydrogen-bond acceptors (Lipinski definition) is 4. The summed E-state index contributed by atoms with van der Waals surface area (Å²) in [5, 5.41) is 14.9. The molecule has 0 radical (unpaired) electrons. The summed E-state index contributed by atoms with van der Waals surface area (Å²) >= 11 is 5.75. The van der Waals surface area contributed by atoms with Crippen molar-refractivity contribution in [2.24, 2.45) is 5.11 Å². The molecule has 22 heavy (non-hydrogen) atoms. The van der Waals surface area contributed by atoms with Crippen molar-refractivity contribution in [3.63, 3.8) is 0 Å². The molecule has 112 valence electrons. The first-order valence-corrected chi connectivity index (χ1v) is 6.65. The van der Waals surface area contributed by atoms with E-state index in [1.54, 1.807) is 31.2 Å². The molecule has 0 bridgehead atoms. The van der Waals surface area contributed by atoms with E-state index >= 15 is 0 Å². The second-order valence-electron chi connectivity index (χ2n) is 4.42. The molecule has 0 fully saturated rings. The number of halogens is 1. The second kappa shape index (κ2) is 6.80. The van der Waals surface area contributed by atoms with Gasteiger partial charge < -0.3 is 4.74 Å². The number of nitrogens with zero attached hydrogens (tertiary/aromatic N) is 4. The monoisotopic (exact) mass is 318 g/mol. The Morgan fingerprint density at radius 1 is 1.32 bits per heavy atom. The average molecular weight is 319 g/mol. The van der Waals surface area contributed by atoms with Crippen LogP contribution in [0.5, 0.6) is 11.5 Å². The van der Waals surface area contributed by atoms with Crippen LogP contribution in [-0.2, 0) is 0 Å². The van der Waals surface area contributed by atoms with Gasteiger partial charge in [-0.15, -0.1) is 0 Å². The quantitative estimate of drug-likeness (QED) is 0.242. The zero-order valence-electron chi connectivity index (χ0n) is 11.5. The van der Waals surface area contributed by atoms with Crippen molar-refractivity contribution < 1.29 is 9.66 Å². The summed E-state index contributed by atoms with van der Waals surface area (Å²) in [6.45, 7) is 1.76. The highest BCUT2D eigenvalue weighted by molar-refractivity contribution is 6.30. The van der Waals surface area contributed by atoms with Gasteiger partial charge in [-0.1, -0.05) is 35.8 Å². The number of nitro groups is 1. The van der Waals surface area contributed by atoms with Crippen LogP contribution in [-0.4, -0.2) is 4.92 Å². The van der Waals surface area contributed by atoms with Gasteiger partial charge in [-0.3, -0.25) is 10.1 Å². The van der Waals surface area contributed by atoms with Crippen molar-refractivity contribution in [1.29, 1.82) is 0 Å². The van der Waals surface area contributed by atoms with Crippen LogP contribution in [0.1, 0.15) is 18.5 Å². The summed E-state index contributed by atoms with van der Waals surface area (Å²) in [6, 6.07) is 10.7. The molecule has 2 aromatic rings. The molecule has 0 saturated heterocycles. The van der Waals surface area contributed by atoms with Crippen LogP contribution in [0.2, 0.25) is 5.02 Å². The molecule has 0 aliphatic heterocycles. The number of rotatable bonds is 5. The molecule has 0 aliphatic carbocycles. The topological polar surface area (TPSA) is 101 Å². The first kappa shape index (κ1) is 15.6. The van der Waals surface area contributed by atoms with Gasteiger partial charge in [0.2, 0.25) is 5.75 Å². The molecule has 2 aromatic carbocycles. The van der Waals surface area contributed by atoms with Crippen molar-refractivity contribution in [1.82, 2.24) is 0 Å². The molecule has 0 saturated carbocycles. The van der Waals surface area contributed by atoms with Crippen LogP contribution in [0.3, 0.4) is 0 Å². The predicted octanol–water partition coefficient (Wildman–Crippen LogP) is 5.41. The molecule has 0 aliphatic rings. The van der Waals surface area contributed by atoms with Crippen LogP contribution in [0.15, 0.2) is 47.6 Å². The van der Waals surface area contributed by atoms with Gasteiger partial charge >= 0.3 is 5.69 Å². The maximum Gasteiger partial charge on any atom is 0.313 e. The van der Waals surface area contributed by atoms with Gasteiger partial charge in [0.25, 0.3) is 0 Å². The van der Waals surface area contributed by atoms with E-state index in [4.69, 9.17) is 21.9 Å². The lowest BCUT2D eigenvalue weighted by Crippen LogP contribution is -1.94. The Morgan fingerprint density at radius 3 is 2.59 bits per heavy atom. The summed E-state index contributed by atoms with van der Waals surface area (Å²) in [4.78, 5) is 13.2. The van der Waals surface area contributed by atoms with E-state index in [1.807, 2.05) is 0 Å². The summed E-state index contributed by atoms with van der Waals surface area (Å²) in [5.74, 6) is 0.535. The summed E-state index contributed by atoms with van der Waals surface area (Å²) in [7, 11) is 0. The van der Waals surface area contributed by atoms with Crippen LogP contribution in [0.25, 0.3) is 10.4 Å². The van der Waals surface area contributed by atoms with Crippen LogP contribution in [0, 0.1) is 10.1 Å². The molecule has 0 aromatic heterocycles. The Labute approximate surface area is 130 Å². The molecule has 2 rings (SSSR count). The van der Waals surface area contributed by atoms with E-state index in [0.717, 1.165) is 5.56 Å². The molecular formula is C14H11ClN4O3. The number of ether oxygens (including phenoxy) is 1. The zero-order valence-corrected chi connectivity index (χ0v) is 12.3. The molecule has 1 atom stereocenters. The molecule has 0 N–H and O–H groups in total. The molecule has 0 spiro atoms. The number of nitro benzene ring substituents is 1. The highest BCUT2D eigenvalue weighted by Gasteiger charge is 2.16. The van der Waals surface area contributed by atoms with Gasteiger partial charge in [-0.2, -0.15) is 0 Å². The molecule has 0 amide bonds. The molecule has 7 nitrogen and oxygen atoms in total. The predicted molar refractivity (Wildman–Crippen MR) is 82.2 cm³/mol. The lowest BCUT2D eigenvalue weighted by molar-refractivity contribution is -0.385. The largest absolute Gasteiger partial charge is 0.450 e. The SMILES string of the molecule is CC(N=[N+]=[N-])c1ccc(Oc2ccc(Cl)cc2[N+](=O)[O-])cc1. The Bertz CT molecular complexity index is 742. The third-order valence-corrected chi connectivity index (χ3v) is 3.17. The second-order valence-corrected chi connectivity index (χ2v) is 4.86. The summed E-state index contributed by atoms with van der Waals surface area (Å²) < 4.78 is 5.52. The van der Waals surface area contributed by atoms with Crippen LogP contribution >= 0.6 is 11.6 Å². The first-order valence-electron chi connectivity index (χ1n) is 6.27. The van der Waals surface area contributed by atoms with E-state index in [-0.39, 0.29) is 22.5 Å². The van der Waals surface area contributed by atoms with Crippen LogP contribution < -0.4 is 4.74 Å². The van der Waals surface area contributed by atoms with Crippen LogP contribution in [0.4, 0.5) is 5.69 Å². The molecule has 1 unspecified atom stereocenters. The minimum absolute atomic E-state index is 0.102. The summed E-state index contributed by atoms with van der Waals surface area (Å²) in [6.07, 6.45) is 0. The number of azide groups is 1. The van der Waals surface area contributed by atoms with E-state index in [0.29, 0.717) is 5.75 Å². The lowest BCUT2D eigenvalue weighted by Gasteiger charge is -2.09. The minimum atomic E-state index is -0.556. The maximum absolute atomic E-state index is 11.0. The van der Waals surface area contributed by atoms with E-state index < -0.39 is 4.92 Å². The fourth-order valence-corrected chi connectivity index (χ4v) is 1.97. The smallest absolute Gasteiger partial charge is 0.313 e. The number of hydrogen-bond donors (Lipinski definition) is 0. The van der Waals surface area contributed by atoms with Gasteiger partial charge in [-0.05, 0) is 35.4 Å². The van der Waals surface area contributed by atoms with Crippen molar-refractivity contribution in [2.45, 2.75) is 13.0 Å². The lowest BCUT2D eigenvalue weighted by atomic mass is 10.1. The Balaban J connectivity index is 2.25. The molecule has 8 heteroatoms. The Morgan fingerprint density at radius 2 is 2.00 bits per heavy atom. The van der Waals surface area contributed by atoms with Gasteiger partial charge in [0.05, 0.1) is 11.0 Å².